The van der Waals surface area contributed by atoms with E-state index >= 15 is 0 Å². The fraction of sp³-hybridized carbons (Fsp3) is 0.941. The molecule has 0 heterocycles. The van der Waals surface area contributed by atoms with Gasteiger partial charge in [0.25, 0.3) is 0 Å². The number of carbonyl (C=O) groups is 1. The average molecular weight is 285 g/mol. The summed E-state index contributed by atoms with van der Waals surface area (Å²) in [5.74, 6) is 0.862. The van der Waals surface area contributed by atoms with Crippen LogP contribution in [0.2, 0.25) is 0 Å². The van der Waals surface area contributed by atoms with Gasteiger partial charge >= 0.3 is 6.09 Å². The van der Waals surface area contributed by atoms with E-state index < -0.39 is 6.09 Å². The summed E-state index contributed by atoms with van der Waals surface area (Å²) >= 11 is 0. The Morgan fingerprint density at radius 2 is 1.20 bits per heavy atom. The molecule has 3 heteroatoms. The molecule has 0 saturated carbocycles. The Morgan fingerprint density at radius 3 is 1.60 bits per heavy atom. The van der Waals surface area contributed by atoms with Gasteiger partial charge in [-0.1, -0.05) is 84.5 Å². The van der Waals surface area contributed by atoms with Crippen molar-refractivity contribution in [3.63, 3.8) is 0 Å². The largest absolute Gasteiger partial charge is 0.465 e. The molecule has 0 aliphatic rings. The van der Waals surface area contributed by atoms with Crippen molar-refractivity contribution in [2.75, 3.05) is 6.54 Å². The summed E-state index contributed by atoms with van der Waals surface area (Å²) in [4.78, 5) is 10.2. The molecular formula is C17H35NO2. The molecule has 0 spiro atoms. The maximum atomic E-state index is 10.2. The second-order valence-electron chi connectivity index (χ2n) is 6.30. The molecule has 3 nitrogen and oxygen atoms in total. The van der Waals surface area contributed by atoms with E-state index in [4.69, 9.17) is 5.11 Å². The van der Waals surface area contributed by atoms with Gasteiger partial charge in [-0.15, -0.1) is 0 Å². The van der Waals surface area contributed by atoms with Crippen LogP contribution in [0.15, 0.2) is 0 Å². The smallest absolute Gasteiger partial charge is 0.404 e. The highest BCUT2D eigenvalue weighted by Gasteiger charge is 1.96. The van der Waals surface area contributed by atoms with Gasteiger partial charge in [0.2, 0.25) is 0 Å². The van der Waals surface area contributed by atoms with Crippen LogP contribution in [-0.4, -0.2) is 17.7 Å². The first-order chi connectivity index (χ1) is 9.63. The van der Waals surface area contributed by atoms with E-state index in [1.165, 1.54) is 64.2 Å². The van der Waals surface area contributed by atoms with Crippen LogP contribution in [0.4, 0.5) is 4.79 Å². The van der Waals surface area contributed by atoms with Gasteiger partial charge in [0.1, 0.15) is 0 Å². The molecule has 0 aliphatic heterocycles. The number of rotatable bonds is 14. The van der Waals surface area contributed by atoms with Crippen LogP contribution >= 0.6 is 0 Å². The third kappa shape index (κ3) is 17.3. The molecule has 0 fully saturated rings. The average Bonchev–Trinajstić information content (AvgIpc) is 2.38. The lowest BCUT2D eigenvalue weighted by Crippen LogP contribution is -2.21. The topological polar surface area (TPSA) is 49.3 Å². The Balaban J connectivity index is 2.97. The highest BCUT2D eigenvalue weighted by atomic mass is 16.4. The summed E-state index contributed by atoms with van der Waals surface area (Å²) in [6.07, 6.45) is 14.9. The van der Waals surface area contributed by atoms with Crippen LogP contribution in [0.25, 0.3) is 0 Å². The number of carboxylic acid groups (broad SMARTS) is 1. The zero-order valence-electron chi connectivity index (χ0n) is 13.6. The first-order valence-corrected chi connectivity index (χ1v) is 8.59. The minimum absolute atomic E-state index is 0.603. The molecule has 0 rings (SSSR count). The van der Waals surface area contributed by atoms with Gasteiger partial charge in [-0.05, 0) is 12.3 Å². The third-order valence-electron chi connectivity index (χ3n) is 3.73. The van der Waals surface area contributed by atoms with E-state index in [-0.39, 0.29) is 0 Å². The molecule has 0 saturated heterocycles. The quantitative estimate of drug-likeness (QED) is 0.409. The number of hydrogen-bond acceptors (Lipinski definition) is 1. The van der Waals surface area contributed by atoms with E-state index in [1.54, 1.807) is 0 Å². The number of nitrogens with one attached hydrogen (secondary N) is 1. The molecule has 1 amide bonds. The summed E-state index contributed by atoms with van der Waals surface area (Å²) in [7, 11) is 0. The molecule has 0 unspecified atom stereocenters. The maximum Gasteiger partial charge on any atom is 0.404 e. The van der Waals surface area contributed by atoms with Crippen LogP contribution in [0.3, 0.4) is 0 Å². The zero-order valence-corrected chi connectivity index (χ0v) is 13.6. The van der Waals surface area contributed by atoms with E-state index in [0.29, 0.717) is 6.54 Å². The summed E-state index contributed by atoms with van der Waals surface area (Å²) < 4.78 is 0. The molecule has 0 aromatic heterocycles. The van der Waals surface area contributed by atoms with Gasteiger partial charge in [0, 0.05) is 6.54 Å². The lowest BCUT2D eigenvalue weighted by Gasteiger charge is -2.05. The fourth-order valence-electron chi connectivity index (χ4n) is 2.46. The van der Waals surface area contributed by atoms with Crippen molar-refractivity contribution in [3.8, 4) is 0 Å². The predicted molar refractivity (Wildman–Crippen MR) is 86.3 cm³/mol. The minimum atomic E-state index is -0.904. The van der Waals surface area contributed by atoms with Crippen molar-refractivity contribution < 1.29 is 9.90 Å². The van der Waals surface area contributed by atoms with Gasteiger partial charge in [-0.2, -0.15) is 0 Å². The second kappa shape index (κ2) is 14.7. The molecular weight excluding hydrogens is 250 g/mol. The van der Waals surface area contributed by atoms with E-state index in [0.717, 1.165) is 18.8 Å². The van der Waals surface area contributed by atoms with Gasteiger partial charge < -0.3 is 10.4 Å². The maximum absolute atomic E-state index is 10.2. The van der Waals surface area contributed by atoms with E-state index in [1.807, 2.05) is 0 Å². The van der Waals surface area contributed by atoms with Crippen LogP contribution in [-0.2, 0) is 0 Å². The van der Waals surface area contributed by atoms with E-state index in [2.05, 4.69) is 19.2 Å². The molecule has 0 aromatic carbocycles. The minimum Gasteiger partial charge on any atom is -0.465 e. The van der Waals surface area contributed by atoms with E-state index in [9.17, 15) is 4.79 Å². The number of hydrogen-bond donors (Lipinski definition) is 2. The van der Waals surface area contributed by atoms with Crippen LogP contribution in [0.5, 0.6) is 0 Å². The summed E-state index contributed by atoms with van der Waals surface area (Å²) in [6, 6.07) is 0. The van der Waals surface area contributed by atoms with Crippen LogP contribution in [0, 0.1) is 5.92 Å². The first-order valence-electron chi connectivity index (χ1n) is 8.59. The third-order valence-corrected chi connectivity index (χ3v) is 3.73. The standard InChI is InChI=1S/C17H35NO2/c1-16(2)14-12-10-8-6-4-3-5-7-9-11-13-15-18-17(19)20/h16,18H,3-15H2,1-2H3,(H,19,20). The second-order valence-corrected chi connectivity index (χ2v) is 6.30. The zero-order chi connectivity index (χ0) is 15.1. The van der Waals surface area contributed by atoms with Crippen LogP contribution in [0.1, 0.15) is 90.9 Å². The molecule has 2 N–H and O–H groups in total. The first kappa shape index (κ1) is 19.3. The lowest BCUT2D eigenvalue weighted by atomic mass is 10.0. The SMILES string of the molecule is CC(C)CCCCCCCCCCCCCNC(=O)O. The lowest BCUT2D eigenvalue weighted by molar-refractivity contribution is 0.194. The molecule has 0 bridgehead atoms. The summed E-state index contributed by atoms with van der Waals surface area (Å²) in [6.45, 7) is 5.21. The van der Waals surface area contributed by atoms with Crippen molar-refractivity contribution in [3.05, 3.63) is 0 Å². The summed E-state index contributed by atoms with van der Waals surface area (Å²) in [5, 5.41) is 10.8. The van der Waals surface area contributed by atoms with Crippen LogP contribution < -0.4 is 5.32 Å². The molecule has 0 radical (unpaired) electrons. The predicted octanol–water partition coefficient (Wildman–Crippen LogP) is 5.59. The van der Waals surface area contributed by atoms with Gasteiger partial charge in [-0.3, -0.25) is 0 Å². The normalized spacial score (nSPS) is 10.9. The van der Waals surface area contributed by atoms with Gasteiger partial charge in [-0.25, -0.2) is 4.79 Å². The van der Waals surface area contributed by atoms with Crippen molar-refractivity contribution in [1.29, 1.82) is 0 Å². The number of amides is 1. The summed E-state index contributed by atoms with van der Waals surface area (Å²) in [5.41, 5.74) is 0. The molecule has 20 heavy (non-hydrogen) atoms. The highest BCUT2D eigenvalue weighted by Crippen LogP contribution is 2.13. The molecule has 0 aromatic rings. The Kier molecular flexibility index (Phi) is 14.1. The van der Waals surface area contributed by atoms with Crippen molar-refractivity contribution in [2.24, 2.45) is 5.92 Å². The number of unbranched alkanes of at least 4 members (excludes halogenated alkanes) is 10. The van der Waals surface area contributed by atoms with Crippen molar-refractivity contribution >= 4 is 6.09 Å². The Morgan fingerprint density at radius 1 is 0.800 bits per heavy atom. The molecule has 0 atom stereocenters. The van der Waals surface area contributed by atoms with Crippen molar-refractivity contribution in [2.45, 2.75) is 90.9 Å². The molecule has 120 valence electrons. The van der Waals surface area contributed by atoms with Gasteiger partial charge in [0.05, 0.1) is 0 Å². The highest BCUT2D eigenvalue weighted by molar-refractivity contribution is 5.64. The van der Waals surface area contributed by atoms with Crippen molar-refractivity contribution in [1.82, 2.24) is 5.32 Å². The molecule has 0 aliphatic carbocycles. The Hall–Kier alpha value is -0.730. The fourth-order valence-corrected chi connectivity index (χ4v) is 2.46. The monoisotopic (exact) mass is 285 g/mol. The Bertz CT molecular complexity index is 217. The Labute approximate surface area is 125 Å². The van der Waals surface area contributed by atoms with Gasteiger partial charge in [0.15, 0.2) is 0 Å².